The molecule has 0 unspecified atom stereocenters. The molecule has 0 radical (unpaired) electrons. The van der Waals surface area contributed by atoms with Gasteiger partial charge in [-0.05, 0) is 19.9 Å². The third-order valence-corrected chi connectivity index (χ3v) is 2.98. The smallest absolute Gasteiger partial charge is 0.105 e. The zero-order valence-corrected chi connectivity index (χ0v) is 11.0. The Labute approximate surface area is 102 Å². The Kier molecular flexibility index (Phi) is 3.20. The molecule has 0 bridgehead atoms. The van der Waals surface area contributed by atoms with Gasteiger partial charge in [-0.1, -0.05) is 32.0 Å². The summed E-state index contributed by atoms with van der Waals surface area (Å²) in [5.41, 5.74) is 2.03. The number of hydrogen-bond donors (Lipinski definition) is 0. The molecule has 0 fully saturated rings. The fourth-order valence-corrected chi connectivity index (χ4v) is 2.33. The zero-order chi connectivity index (χ0) is 12.5. The van der Waals surface area contributed by atoms with Crippen LogP contribution in [0.5, 0.6) is 0 Å². The van der Waals surface area contributed by atoms with Gasteiger partial charge >= 0.3 is 0 Å². The second-order valence-electron chi connectivity index (χ2n) is 4.45. The van der Waals surface area contributed by atoms with Crippen molar-refractivity contribution in [2.75, 3.05) is 6.61 Å². The second-order valence-corrected chi connectivity index (χ2v) is 4.45. The molecule has 0 N–H and O–H groups in total. The first-order valence-electron chi connectivity index (χ1n) is 6.28. The van der Waals surface area contributed by atoms with Crippen molar-refractivity contribution in [1.29, 1.82) is 0 Å². The Morgan fingerprint density at radius 2 is 1.94 bits per heavy atom. The highest BCUT2D eigenvalue weighted by Crippen LogP contribution is 2.33. The van der Waals surface area contributed by atoms with Crippen molar-refractivity contribution in [3.8, 4) is 0 Å². The van der Waals surface area contributed by atoms with E-state index in [0.717, 1.165) is 18.7 Å². The molecule has 1 aromatic heterocycles. The predicted octanol–water partition coefficient (Wildman–Crippen LogP) is 3.33. The summed E-state index contributed by atoms with van der Waals surface area (Å²) < 4.78 is 7.87. The van der Waals surface area contributed by atoms with Crippen LogP contribution < -0.4 is 0 Å². The molecular weight excluding hydrogens is 212 g/mol. The molecule has 3 heteroatoms. The van der Waals surface area contributed by atoms with E-state index in [1.54, 1.807) is 0 Å². The van der Waals surface area contributed by atoms with Crippen LogP contribution in [0.4, 0.5) is 0 Å². The highest BCUT2D eigenvalue weighted by atomic mass is 16.5. The van der Waals surface area contributed by atoms with Gasteiger partial charge in [-0.25, -0.2) is 0 Å². The van der Waals surface area contributed by atoms with E-state index < -0.39 is 0 Å². The molecule has 3 nitrogen and oxygen atoms in total. The van der Waals surface area contributed by atoms with Crippen LogP contribution in [0.3, 0.4) is 0 Å². The molecule has 1 aromatic carbocycles. The lowest BCUT2D eigenvalue weighted by atomic mass is 10.00. The number of aromatic nitrogens is 2. The fourth-order valence-electron chi connectivity index (χ4n) is 2.33. The van der Waals surface area contributed by atoms with Crippen molar-refractivity contribution in [1.82, 2.24) is 9.78 Å². The summed E-state index contributed by atoms with van der Waals surface area (Å²) in [6, 6.07) is 8.24. The number of fused-ring (bicyclic) bond motifs is 3. The van der Waals surface area contributed by atoms with Gasteiger partial charge < -0.3 is 4.74 Å². The minimum atomic E-state index is -0.228. The standard InChI is InChI=1S/C12H14N2O.C2H6/c1-12(2)11-9-5-3-4-6-10(9)13-14(11)7-8-15-12;1-2/h3-6H,7-8H2,1-2H3;1-2H3. The summed E-state index contributed by atoms with van der Waals surface area (Å²) >= 11 is 0. The average Bonchev–Trinajstić information content (AvgIpc) is 2.70. The van der Waals surface area contributed by atoms with Crippen molar-refractivity contribution in [2.24, 2.45) is 0 Å². The molecule has 92 valence electrons. The third-order valence-electron chi connectivity index (χ3n) is 2.98. The Hall–Kier alpha value is -1.35. The SMILES string of the molecule is CC.CC1(C)OCCn2nc3ccccc3c21. The zero-order valence-electron chi connectivity index (χ0n) is 11.0. The quantitative estimate of drug-likeness (QED) is 0.696. The van der Waals surface area contributed by atoms with E-state index in [0.29, 0.717) is 0 Å². The van der Waals surface area contributed by atoms with E-state index in [2.05, 4.69) is 41.8 Å². The highest BCUT2D eigenvalue weighted by molar-refractivity contribution is 5.82. The van der Waals surface area contributed by atoms with Gasteiger partial charge in [0.15, 0.2) is 0 Å². The van der Waals surface area contributed by atoms with Crippen LogP contribution in [-0.4, -0.2) is 16.4 Å². The fraction of sp³-hybridized carbons (Fsp3) is 0.500. The van der Waals surface area contributed by atoms with Crippen molar-refractivity contribution >= 4 is 10.9 Å². The molecule has 0 amide bonds. The molecule has 0 spiro atoms. The van der Waals surface area contributed by atoms with Crippen LogP contribution in [0.1, 0.15) is 33.4 Å². The van der Waals surface area contributed by atoms with Crippen molar-refractivity contribution in [3.63, 3.8) is 0 Å². The van der Waals surface area contributed by atoms with Gasteiger partial charge in [-0.15, -0.1) is 0 Å². The monoisotopic (exact) mass is 232 g/mol. The molecule has 3 rings (SSSR count). The average molecular weight is 232 g/mol. The third kappa shape index (κ3) is 1.95. The van der Waals surface area contributed by atoms with Gasteiger partial charge in [0.05, 0.1) is 24.4 Å². The molecule has 0 saturated carbocycles. The van der Waals surface area contributed by atoms with Gasteiger partial charge in [-0.3, -0.25) is 4.68 Å². The summed E-state index contributed by atoms with van der Waals surface area (Å²) in [7, 11) is 0. The van der Waals surface area contributed by atoms with Crippen LogP contribution in [-0.2, 0) is 16.9 Å². The first-order chi connectivity index (χ1) is 8.18. The van der Waals surface area contributed by atoms with Crippen LogP contribution in [0.2, 0.25) is 0 Å². The number of rotatable bonds is 0. The van der Waals surface area contributed by atoms with E-state index in [4.69, 9.17) is 4.74 Å². The van der Waals surface area contributed by atoms with Gasteiger partial charge in [0.25, 0.3) is 0 Å². The molecule has 0 aliphatic carbocycles. The van der Waals surface area contributed by atoms with Crippen molar-refractivity contribution in [3.05, 3.63) is 30.0 Å². The van der Waals surface area contributed by atoms with E-state index >= 15 is 0 Å². The van der Waals surface area contributed by atoms with E-state index in [1.807, 2.05) is 19.9 Å². The lowest BCUT2D eigenvalue weighted by Crippen LogP contribution is -2.33. The predicted molar refractivity (Wildman–Crippen MR) is 70.1 cm³/mol. The van der Waals surface area contributed by atoms with E-state index in [1.165, 1.54) is 11.1 Å². The minimum absolute atomic E-state index is 0.228. The molecule has 17 heavy (non-hydrogen) atoms. The van der Waals surface area contributed by atoms with Crippen molar-refractivity contribution < 1.29 is 4.74 Å². The lowest BCUT2D eigenvalue weighted by Gasteiger charge is -2.31. The topological polar surface area (TPSA) is 27.1 Å². The van der Waals surface area contributed by atoms with Crippen molar-refractivity contribution in [2.45, 2.75) is 39.8 Å². The maximum Gasteiger partial charge on any atom is 0.105 e. The number of ether oxygens (including phenoxy) is 1. The number of nitrogens with zero attached hydrogens (tertiary/aromatic N) is 2. The van der Waals surface area contributed by atoms with Gasteiger partial charge in [0.2, 0.25) is 0 Å². The maximum atomic E-state index is 5.80. The Bertz CT molecular complexity index is 514. The Morgan fingerprint density at radius 1 is 1.24 bits per heavy atom. The summed E-state index contributed by atoms with van der Waals surface area (Å²) in [5.74, 6) is 0. The molecule has 1 aliphatic heterocycles. The first-order valence-corrected chi connectivity index (χ1v) is 6.28. The normalized spacial score (nSPS) is 17.2. The van der Waals surface area contributed by atoms with Crippen LogP contribution >= 0.6 is 0 Å². The minimum Gasteiger partial charge on any atom is -0.367 e. The first kappa shape index (κ1) is 12.1. The summed E-state index contributed by atoms with van der Waals surface area (Å²) in [4.78, 5) is 0. The van der Waals surface area contributed by atoms with Gasteiger partial charge in [0.1, 0.15) is 5.60 Å². The number of benzene rings is 1. The van der Waals surface area contributed by atoms with Crippen LogP contribution in [0.25, 0.3) is 10.9 Å². The lowest BCUT2D eigenvalue weighted by molar-refractivity contribution is -0.0520. The second kappa shape index (κ2) is 4.49. The van der Waals surface area contributed by atoms with Gasteiger partial charge in [0, 0.05) is 5.39 Å². The summed E-state index contributed by atoms with van der Waals surface area (Å²) in [5, 5.41) is 5.80. The Balaban J connectivity index is 0.000000514. The molecule has 0 atom stereocenters. The molecule has 2 heterocycles. The summed E-state index contributed by atoms with van der Waals surface area (Å²) in [6.07, 6.45) is 0. The molecule has 0 saturated heterocycles. The van der Waals surface area contributed by atoms with Crippen LogP contribution in [0, 0.1) is 0 Å². The number of hydrogen-bond acceptors (Lipinski definition) is 2. The van der Waals surface area contributed by atoms with Gasteiger partial charge in [-0.2, -0.15) is 5.10 Å². The van der Waals surface area contributed by atoms with E-state index in [-0.39, 0.29) is 5.60 Å². The maximum absolute atomic E-state index is 5.80. The highest BCUT2D eigenvalue weighted by Gasteiger charge is 2.31. The molecule has 2 aromatic rings. The summed E-state index contributed by atoms with van der Waals surface area (Å²) in [6.45, 7) is 9.81. The molecule has 1 aliphatic rings. The largest absolute Gasteiger partial charge is 0.367 e. The van der Waals surface area contributed by atoms with E-state index in [9.17, 15) is 0 Å². The van der Waals surface area contributed by atoms with Crippen LogP contribution in [0.15, 0.2) is 24.3 Å². The molecular formula is C14H20N2O. The Morgan fingerprint density at radius 3 is 2.71 bits per heavy atom.